The second-order valence-corrected chi connectivity index (χ2v) is 3.94. The Labute approximate surface area is 103 Å². The van der Waals surface area contributed by atoms with Gasteiger partial charge in [0, 0.05) is 0 Å². The summed E-state index contributed by atoms with van der Waals surface area (Å²) in [6, 6.07) is 11.9. The van der Waals surface area contributed by atoms with E-state index in [4.69, 9.17) is 4.74 Å². The molecule has 18 heavy (non-hydrogen) atoms. The summed E-state index contributed by atoms with van der Waals surface area (Å²) in [5.74, 6) is 0.979. The third-order valence-electron chi connectivity index (χ3n) is 2.44. The molecule has 0 aromatic heterocycles. The first-order valence-electron chi connectivity index (χ1n) is 5.37. The molecule has 4 heteroatoms. The molecule has 0 amide bonds. The third kappa shape index (κ3) is 3.03. The van der Waals surface area contributed by atoms with Gasteiger partial charge in [-0.1, -0.05) is 17.7 Å². The highest BCUT2D eigenvalue weighted by Crippen LogP contribution is 2.31. The Morgan fingerprint density at radius 2 is 1.22 bits per heavy atom. The van der Waals surface area contributed by atoms with Crippen LogP contribution in [0, 0.1) is 6.92 Å². The summed E-state index contributed by atoms with van der Waals surface area (Å²) < 4.78 is 42.5. The monoisotopic (exact) mass is 252 g/mol. The van der Waals surface area contributed by atoms with Crippen LogP contribution in [0.4, 0.5) is 13.2 Å². The zero-order chi connectivity index (χ0) is 13.2. The summed E-state index contributed by atoms with van der Waals surface area (Å²) in [7, 11) is 0. The molecular weight excluding hydrogens is 241 g/mol. The van der Waals surface area contributed by atoms with Crippen molar-refractivity contribution in [3.05, 3.63) is 59.7 Å². The lowest BCUT2D eigenvalue weighted by molar-refractivity contribution is -0.137. The lowest BCUT2D eigenvalue weighted by Crippen LogP contribution is -2.03. The molecule has 0 aliphatic rings. The Bertz CT molecular complexity index is 512. The van der Waals surface area contributed by atoms with Crippen molar-refractivity contribution in [1.29, 1.82) is 0 Å². The normalized spacial score (nSPS) is 11.3. The van der Waals surface area contributed by atoms with E-state index in [9.17, 15) is 13.2 Å². The van der Waals surface area contributed by atoms with Gasteiger partial charge in [0.2, 0.25) is 0 Å². The summed E-state index contributed by atoms with van der Waals surface area (Å²) in [6.45, 7) is 1.95. The molecule has 0 bridgehead atoms. The molecule has 0 saturated heterocycles. The molecule has 0 fully saturated rings. The topological polar surface area (TPSA) is 9.23 Å². The predicted molar refractivity (Wildman–Crippen MR) is 62.7 cm³/mol. The molecule has 0 saturated carbocycles. The lowest BCUT2D eigenvalue weighted by atomic mass is 10.2. The number of hydrogen-bond acceptors (Lipinski definition) is 1. The van der Waals surface area contributed by atoms with E-state index in [1.165, 1.54) is 12.1 Å². The molecule has 0 aliphatic heterocycles. The highest BCUT2D eigenvalue weighted by molar-refractivity contribution is 5.34. The van der Waals surface area contributed by atoms with Crippen LogP contribution in [0.1, 0.15) is 11.1 Å². The van der Waals surface area contributed by atoms with Gasteiger partial charge in [0.15, 0.2) is 0 Å². The van der Waals surface area contributed by atoms with Crippen LogP contribution in [0.2, 0.25) is 0 Å². The molecule has 0 unspecified atom stereocenters. The standard InChI is InChI=1S/C14H11F3O/c1-10-2-6-12(7-3-10)18-13-8-4-11(5-9-13)14(15,16)17/h2-9H,1H3. The summed E-state index contributed by atoms with van der Waals surface area (Å²) in [6.07, 6.45) is -4.32. The first-order valence-corrected chi connectivity index (χ1v) is 5.37. The zero-order valence-electron chi connectivity index (χ0n) is 9.66. The first-order chi connectivity index (χ1) is 8.45. The van der Waals surface area contributed by atoms with Crippen molar-refractivity contribution >= 4 is 0 Å². The number of benzene rings is 2. The summed E-state index contributed by atoms with van der Waals surface area (Å²) in [5, 5.41) is 0. The average molecular weight is 252 g/mol. The minimum absolute atomic E-state index is 0.381. The van der Waals surface area contributed by atoms with Gasteiger partial charge >= 0.3 is 6.18 Å². The van der Waals surface area contributed by atoms with Gasteiger partial charge < -0.3 is 4.74 Å². The number of rotatable bonds is 2. The molecule has 1 nitrogen and oxygen atoms in total. The van der Waals surface area contributed by atoms with Gasteiger partial charge in [0.1, 0.15) is 11.5 Å². The highest BCUT2D eigenvalue weighted by Gasteiger charge is 2.29. The van der Waals surface area contributed by atoms with Gasteiger partial charge in [-0.2, -0.15) is 13.2 Å². The SMILES string of the molecule is Cc1ccc(Oc2ccc(C(F)(F)F)cc2)cc1. The fourth-order valence-corrected chi connectivity index (χ4v) is 1.45. The molecule has 0 spiro atoms. The van der Waals surface area contributed by atoms with Crippen LogP contribution in [-0.4, -0.2) is 0 Å². The number of halogens is 3. The van der Waals surface area contributed by atoms with Crippen LogP contribution >= 0.6 is 0 Å². The zero-order valence-corrected chi connectivity index (χ0v) is 9.66. The van der Waals surface area contributed by atoms with E-state index in [1.807, 2.05) is 19.1 Å². The van der Waals surface area contributed by atoms with Gasteiger partial charge in [-0.15, -0.1) is 0 Å². The van der Waals surface area contributed by atoms with E-state index >= 15 is 0 Å². The molecular formula is C14H11F3O. The van der Waals surface area contributed by atoms with Gasteiger partial charge in [0.25, 0.3) is 0 Å². The smallest absolute Gasteiger partial charge is 0.416 e. The van der Waals surface area contributed by atoms with E-state index in [2.05, 4.69) is 0 Å². The van der Waals surface area contributed by atoms with Crippen LogP contribution in [0.15, 0.2) is 48.5 Å². The van der Waals surface area contributed by atoms with Crippen LogP contribution in [0.25, 0.3) is 0 Å². The number of alkyl halides is 3. The molecule has 2 aromatic carbocycles. The van der Waals surface area contributed by atoms with Crippen molar-refractivity contribution in [3.63, 3.8) is 0 Å². The van der Waals surface area contributed by atoms with E-state index < -0.39 is 11.7 Å². The average Bonchev–Trinajstić information content (AvgIpc) is 2.32. The minimum Gasteiger partial charge on any atom is -0.457 e. The number of hydrogen-bond donors (Lipinski definition) is 0. The molecule has 2 aromatic rings. The Kier molecular flexibility index (Phi) is 3.28. The molecule has 0 atom stereocenters. The molecule has 0 N–H and O–H groups in total. The highest BCUT2D eigenvalue weighted by atomic mass is 19.4. The van der Waals surface area contributed by atoms with E-state index in [0.29, 0.717) is 11.5 Å². The van der Waals surface area contributed by atoms with Gasteiger partial charge in [-0.05, 0) is 43.3 Å². The van der Waals surface area contributed by atoms with Crippen LogP contribution in [0.3, 0.4) is 0 Å². The van der Waals surface area contributed by atoms with Crippen LogP contribution in [-0.2, 0) is 6.18 Å². The Morgan fingerprint density at radius 1 is 0.778 bits per heavy atom. The number of aryl methyl sites for hydroxylation is 1. The molecule has 0 radical (unpaired) electrons. The lowest BCUT2D eigenvalue weighted by Gasteiger charge is -2.09. The minimum atomic E-state index is -4.32. The van der Waals surface area contributed by atoms with Crippen molar-refractivity contribution in [2.24, 2.45) is 0 Å². The van der Waals surface area contributed by atoms with Crippen LogP contribution < -0.4 is 4.74 Å². The van der Waals surface area contributed by atoms with E-state index in [-0.39, 0.29) is 0 Å². The quantitative estimate of drug-likeness (QED) is 0.745. The van der Waals surface area contributed by atoms with Crippen LogP contribution in [0.5, 0.6) is 11.5 Å². The third-order valence-corrected chi connectivity index (χ3v) is 2.44. The first kappa shape index (κ1) is 12.5. The predicted octanol–water partition coefficient (Wildman–Crippen LogP) is 4.81. The second-order valence-electron chi connectivity index (χ2n) is 3.94. The Hall–Kier alpha value is -1.97. The summed E-state index contributed by atoms with van der Waals surface area (Å²) in [5.41, 5.74) is 0.411. The van der Waals surface area contributed by atoms with Crippen molar-refractivity contribution < 1.29 is 17.9 Å². The van der Waals surface area contributed by atoms with Gasteiger partial charge in [-0.3, -0.25) is 0 Å². The van der Waals surface area contributed by atoms with E-state index in [0.717, 1.165) is 17.7 Å². The fourth-order valence-electron chi connectivity index (χ4n) is 1.45. The molecule has 2 rings (SSSR count). The molecule has 0 aliphatic carbocycles. The maximum atomic E-state index is 12.4. The maximum absolute atomic E-state index is 12.4. The Balaban J connectivity index is 2.13. The van der Waals surface area contributed by atoms with Gasteiger partial charge in [-0.25, -0.2) is 0 Å². The Morgan fingerprint density at radius 3 is 1.67 bits per heavy atom. The summed E-state index contributed by atoms with van der Waals surface area (Å²) >= 11 is 0. The largest absolute Gasteiger partial charge is 0.457 e. The van der Waals surface area contributed by atoms with Crippen molar-refractivity contribution in [2.45, 2.75) is 13.1 Å². The van der Waals surface area contributed by atoms with Gasteiger partial charge in [0.05, 0.1) is 5.56 Å². The van der Waals surface area contributed by atoms with E-state index in [1.54, 1.807) is 12.1 Å². The number of ether oxygens (including phenoxy) is 1. The van der Waals surface area contributed by atoms with Crippen molar-refractivity contribution in [3.8, 4) is 11.5 Å². The molecule has 0 heterocycles. The molecule has 94 valence electrons. The second kappa shape index (κ2) is 4.72. The van der Waals surface area contributed by atoms with Crippen molar-refractivity contribution in [2.75, 3.05) is 0 Å². The summed E-state index contributed by atoms with van der Waals surface area (Å²) in [4.78, 5) is 0. The van der Waals surface area contributed by atoms with Crippen molar-refractivity contribution in [1.82, 2.24) is 0 Å². The maximum Gasteiger partial charge on any atom is 0.416 e. The fraction of sp³-hybridized carbons (Fsp3) is 0.143.